The Morgan fingerprint density at radius 3 is 2.39 bits per heavy atom. The van der Waals surface area contributed by atoms with Crippen molar-refractivity contribution in [2.24, 2.45) is 0 Å². The molecule has 7 nitrogen and oxygen atoms in total. The maximum absolute atomic E-state index is 13.2. The van der Waals surface area contributed by atoms with Crippen LogP contribution in [-0.4, -0.2) is 28.6 Å². The van der Waals surface area contributed by atoms with Crippen molar-refractivity contribution in [2.45, 2.75) is 6.92 Å². The number of carbonyl (C=O) groups excluding carboxylic acids is 2. The van der Waals surface area contributed by atoms with Gasteiger partial charge in [-0.1, -0.05) is 24.3 Å². The number of nitrogens with zero attached hydrogens (tertiary/aromatic N) is 1. The minimum absolute atomic E-state index is 0.0143. The smallest absolute Gasteiger partial charge is 0.270 e. The minimum atomic E-state index is -0.601. The normalized spacial score (nSPS) is 14.9. The molecule has 0 aliphatic carbocycles. The Morgan fingerprint density at radius 1 is 1.00 bits per heavy atom. The van der Waals surface area contributed by atoms with Gasteiger partial charge in [-0.15, -0.1) is 0 Å². The largest absolute Gasteiger partial charge is 0.504 e. The van der Waals surface area contributed by atoms with E-state index in [-0.39, 0.29) is 22.2 Å². The number of benzene rings is 3. The predicted molar refractivity (Wildman–Crippen MR) is 128 cm³/mol. The molecule has 2 amide bonds. The molecular formula is C25H20N2O5S. The van der Waals surface area contributed by atoms with E-state index in [0.717, 1.165) is 0 Å². The van der Waals surface area contributed by atoms with E-state index >= 15 is 0 Å². The highest BCUT2D eigenvalue weighted by atomic mass is 32.1. The first-order valence-corrected chi connectivity index (χ1v) is 10.6. The van der Waals surface area contributed by atoms with E-state index < -0.39 is 11.8 Å². The lowest BCUT2D eigenvalue weighted by Crippen LogP contribution is -2.54. The lowest BCUT2D eigenvalue weighted by Gasteiger charge is -2.29. The van der Waals surface area contributed by atoms with Gasteiger partial charge in [0.2, 0.25) is 0 Å². The van der Waals surface area contributed by atoms with E-state index in [2.05, 4.69) is 5.32 Å². The zero-order valence-electron chi connectivity index (χ0n) is 17.6. The number of hydrogen-bond acceptors (Lipinski definition) is 6. The highest BCUT2D eigenvalue weighted by molar-refractivity contribution is 7.80. The maximum Gasteiger partial charge on any atom is 0.270 e. The lowest BCUT2D eigenvalue weighted by molar-refractivity contribution is -0.122. The highest BCUT2D eigenvalue weighted by Gasteiger charge is 2.34. The topological polar surface area (TPSA) is 88.1 Å². The van der Waals surface area contributed by atoms with E-state index in [4.69, 9.17) is 21.7 Å². The van der Waals surface area contributed by atoms with Gasteiger partial charge in [0.1, 0.15) is 17.1 Å². The Balaban J connectivity index is 1.60. The highest BCUT2D eigenvalue weighted by Crippen LogP contribution is 2.30. The summed E-state index contributed by atoms with van der Waals surface area (Å²) in [5, 5.41) is 12.4. The molecule has 1 heterocycles. The molecule has 33 heavy (non-hydrogen) atoms. The molecule has 0 spiro atoms. The van der Waals surface area contributed by atoms with Crippen LogP contribution < -0.4 is 19.7 Å². The molecule has 2 N–H and O–H groups in total. The number of amides is 2. The SMILES string of the molecule is CCOc1cc(/C=C2\C(=O)NC(=S)N(c3ccc(Oc4ccccc4)cc3)C2=O)ccc1O. The van der Waals surface area contributed by atoms with Crippen LogP contribution in [0, 0.1) is 0 Å². The molecule has 4 rings (SSSR count). The molecule has 0 saturated carbocycles. The molecule has 1 aliphatic rings. The first-order valence-electron chi connectivity index (χ1n) is 10.2. The van der Waals surface area contributed by atoms with Gasteiger partial charge in [0.25, 0.3) is 11.8 Å². The van der Waals surface area contributed by atoms with Crippen molar-refractivity contribution in [3.05, 3.63) is 83.9 Å². The average molecular weight is 461 g/mol. The molecule has 1 fully saturated rings. The molecule has 0 atom stereocenters. The number of anilines is 1. The van der Waals surface area contributed by atoms with Gasteiger partial charge < -0.3 is 14.6 Å². The second kappa shape index (κ2) is 9.54. The molecule has 0 bridgehead atoms. The average Bonchev–Trinajstić information content (AvgIpc) is 2.80. The number of aromatic hydroxyl groups is 1. The Labute approximate surface area is 195 Å². The second-order valence-corrected chi connectivity index (χ2v) is 7.41. The molecule has 0 aromatic heterocycles. The molecule has 8 heteroatoms. The Morgan fingerprint density at radius 2 is 1.70 bits per heavy atom. The van der Waals surface area contributed by atoms with Gasteiger partial charge in [-0.3, -0.25) is 19.8 Å². The van der Waals surface area contributed by atoms with Gasteiger partial charge >= 0.3 is 0 Å². The molecule has 0 radical (unpaired) electrons. The van der Waals surface area contributed by atoms with Crippen LogP contribution in [-0.2, 0) is 9.59 Å². The van der Waals surface area contributed by atoms with Crippen molar-refractivity contribution in [3.63, 3.8) is 0 Å². The summed E-state index contributed by atoms with van der Waals surface area (Å²) in [7, 11) is 0. The van der Waals surface area contributed by atoms with Crippen molar-refractivity contribution in [1.29, 1.82) is 0 Å². The quantitative estimate of drug-likeness (QED) is 0.322. The fraction of sp³-hybridized carbons (Fsp3) is 0.0800. The Bertz CT molecular complexity index is 1240. The summed E-state index contributed by atoms with van der Waals surface area (Å²) in [4.78, 5) is 27.0. The first-order chi connectivity index (χ1) is 16.0. The summed E-state index contributed by atoms with van der Waals surface area (Å²) in [6, 6.07) is 20.7. The van der Waals surface area contributed by atoms with Crippen LogP contribution in [0.1, 0.15) is 12.5 Å². The van der Waals surface area contributed by atoms with E-state index in [0.29, 0.717) is 29.4 Å². The summed E-state index contributed by atoms with van der Waals surface area (Å²) >= 11 is 5.25. The van der Waals surface area contributed by atoms with Gasteiger partial charge in [0.05, 0.1) is 12.3 Å². The number of hydrogen-bond donors (Lipinski definition) is 2. The third-order valence-corrected chi connectivity index (χ3v) is 5.05. The van der Waals surface area contributed by atoms with E-state index in [9.17, 15) is 14.7 Å². The molecular weight excluding hydrogens is 440 g/mol. The fourth-order valence-electron chi connectivity index (χ4n) is 3.24. The van der Waals surface area contributed by atoms with Crippen molar-refractivity contribution in [1.82, 2.24) is 5.32 Å². The van der Waals surface area contributed by atoms with E-state index in [1.54, 1.807) is 43.3 Å². The van der Waals surface area contributed by atoms with Crippen molar-refractivity contribution in [3.8, 4) is 23.0 Å². The standard InChI is InChI=1S/C25H20N2O5S/c1-2-31-22-15-16(8-13-21(22)28)14-20-23(29)26-25(33)27(24(20)30)17-9-11-19(12-10-17)32-18-6-4-3-5-7-18/h3-15,28H,2H2,1H3,(H,26,29,33)/b20-14+. The second-order valence-electron chi connectivity index (χ2n) is 7.03. The lowest BCUT2D eigenvalue weighted by atomic mass is 10.1. The van der Waals surface area contributed by atoms with Crippen molar-refractivity contribution in [2.75, 3.05) is 11.5 Å². The van der Waals surface area contributed by atoms with Gasteiger partial charge in [0.15, 0.2) is 16.6 Å². The number of ether oxygens (including phenoxy) is 2. The Kier molecular flexibility index (Phi) is 6.37. The van der Waals surface area contributed by atoms with E-state index in [1.807, 2.05) is 30.3 Å². The summed E-state index contributed by atoms with van der Waals surface area (Å²) in [6.45, 7) is 2.15. The number of rotatable bonds is 6. The van der Waals surface area contributed by atoms with Gasteiger partial charge in [-0.05, 0) is 79.3 Å². The fourth-order valence-corrected chi connectivity index (χ4v) is 3.52. The van der Waals surface area contributed by atoms with Crippen LogP contribution in [0.25, 0.3) is 6.08 Å². The van der Waals surface area contributed by atoms with Crippen LogP contribution in [0.5, 0.6) is 23.0 Å². The van der Waals surface area contributed by atoms with Crippen LogP contribution in [0.2, 0.25) is 0 Å². The van der Waals surface area contributed by atoms with Crippen molar-refractivity contribution >= 4 is 40.9 Å². The minimum Gasteiger partial charge on any atom is -0.504 e. The zero-order valence-corrected chi connectivity index (χ0v) is 18.5. The monoisotopic (exact) mass is 460 g/mol. The third kappa shape index (κ3) is 4.86. The summed E-state index contributed by atoms with van der Waals surface area (Å²) in [5.41, 5.74) is 0.910. The van der Waals surface area contributed by atoms with E-state index in [1.165, 1.54) is 17.0 Å². The molecule has 3 aromatic carbocycles. The molecule has 1 aliphatic heterocycles. The number of para-hydroxylation sites is 1. The summed E-state index contributed by atoms with van der Waals surface area (Å²) in [5.74, 6) is 0.346. The zero-order chi connectivity index (χ0) is 23.4. The van der Waals surface area contributed by atoms with Crippen LogP contribution in [0.3, 0.4) is 0 Å². The Hall–Kier alpha value is -4.17. The third-order valence-electron chi connectivity index (χ3n) is 4.77. The maximum atomic E-state index is 13.2. The molecule has 0 unspecified atom stereocenters. The van der Waals surface area contributed by atoms with Crippen LogP contribution in [0.15, 0.2) is 78.4 Å². The number of phenolic OH excluding ortho intramolecular Hbond substituents is 1. The number of thiocarbonyl (C=S) groups is 1. The molecule has 1 saturated heterocycles. The molecule has 166 valence electrons. The van der Waals surface area contributed by atoms with Crippen molar-refractivity contribution < 1.29 is 24.2 Å². The number of phenols is 1. The van der Waals surface area contributed by atoms with Gasteiger partial charge in [0, 0.05) is 0 Å². The van der Waals surface area contributed by atoms with Crippen LogP contribution in [0.4, 0.5) is 5.69 Å². The molecule has 3 aromatic rings. The summed E-state index contributed by atoms with van der Waals surface area (Å²) in [6.07, 6.45) is 1.43. The first kappa shape index (κ1) is 22.0. The van der Waals surface area contributed by atoms with Crippen LogP contribution >= 0.6 is 12.2 Å². The summed E-state index contributed by atoms with van der Waals surface area (Å²) < 4.78 is 11.2. The van der Waals surface area contributed by atoms with Gasteiger partial charge in [-0.2, -0.15) is 0 Å². The number of carbonyl (C=O) groups is 2. The predicted octanol–water partition coefficient (Wildman–Crippen LogP) is 4.41. The van der Waals surface area contributed by atoms with Gasteiger partial charge in [-0.25, -0.2) is 0 Å². The number of nitrogens with one attached hydrogen (secondary N) is 1.